The number of rotatable bonds is 15. The number of ether oxygens (including phenoxy) is 3. The predicted octanol–water partition coefficient (Wildman–Crippen LogP) is 9.78. The van der Waals surface area contributed by atoms with Crippen molar-refractivity contribution in [2.75, 3.05) is 32.8 Å². The summed E-state index contributed by atoms with van der Waals surface area (Å²) in [5, 5.41) is 9.39. The van der Waals surface area contributed by atoms with Gasteiger partial charge in [0.2, 0.25) is 11.8 Å². The van der Waals surface area contributed by atoms with E-state index in [1.165, 1.54) is 16.7 Å². The Labute approximate surface area is 329 Å². The van der Waals surface area contributed by atoms with Crippen molar-refractivity contribution in [2.24, 2.45) is 0 Å². The number of carbonyl (C=O) groups excluding carboxylic acids is 1. The monoisotopic (exact) mass is 754 g/mol. The summed E-state index contributed by atoms with van der Waals surface area (Å²) in [5.74, 6) is 2.91. The minimum absolute atomic E-state index is 0.0136. The van der Waals surface area contributed by atoms with Crippen molar-refractivity contribution in [2.45, 2.75) is 52.7 Å². The van der Waals surface area contributed by atoms with Gasteiger partial charge in [-0.05, 0) is 108 Å². The minimum Gasteiger partial charge on any atom is -0.494 e. The maximum absolute atomic E-state index is 13.1. The van der Waals surface area contributed by atoms with Gasteiger partial charge >= 0.3 is 0 Å². The molecule has 55 heavy (non-hydrogen) atoms. The third-order valence-electron chi connectivity index (χ3n) is 9.61. The topological polar surface area (TPSA) is 87.9 Å². The van der Waals surface area contributed by atoms with Crippen LogP contribution in [0.5, 0.6) is 23.1 Å². The quantitative estimate of drug-likeness (QED) is 0.0777. The highest BCUT2D eigenvalue weighted by molar-refractivity contribution is 6.32. The molecule has 8 nitrogen and oxygen atoms in total. The van der Waals surface area contributed by atoms with E-state index in [4.69, 9.17) is 31.1 Å². The fourth-order valence-corrected chi connectivity index (χ4v) is 6.64. The van der Waals surface area contributed by atoms with Crippen molar-refractivity contribution in [1.82, 2.24) is 14.8 Å². The molecule has 0 aliphatic carbocycles. The Kier molecular flexibility index (Phi) is 13.6. The zero-order chi connectivity index (χ0) is 38.6. The summed E-state index contributed by atoms with van der Waals surface area (Å²) in [6.07, 6.45) is 6.96. The Morgan fingerprint density at radius 1 is 0.873 bits per heavy atom. The number of hydrogen-bond acceptors (Lipinski definition) is 7. The Balaban J connectivity index is 0.907. The van der Waals surface area contributed by atoms with Crippen molar-refractivity contribution in [1.29, 1.82) is 5.26 Å². The van der Waals surface area contributed by atoms with Gasteiger partial charge in [-0.15, -0.1) is 0 Å². The number of nitrogens with zero attached hydrogens (tertiary/aromatic N) is 4. The lowest BCUT2D eigenvalue weighted by Crippen LogP contribution is -2.47. The number of carbonyl (C=O) groups is 1. The van der Waals surface area contributed by atoms with Crippen LogP contribution in [0.15, 0.2) is 109 Å². The van der Waals surface area contributed by atoms with E-state index >= 15 is 0 Å². The van der Waals surface area contributed by atoms with E-state index in [9.17, 15) is 4.79 Å². The van der Waals surface area contributed by atoms with Crippen LogP contribution in [-0.4, -0.2) is 53.5 Å². The fourth-order valence-electron chi connectivity index (χ4n) is 6.33. The molecule has 282 valence electrons. The molecule has 1 aliphatic heterocycles. The molecule has 2 heterocycles. The highest BCUT2D eigenvalue weighted by Crippen LogP contribution is 2.34. The van der Waals surface area contributed by atoms with Gasteiger partial charge in [-0.3, -0.25) is 9.69 Å². The molecule has 6 rings (SSSR count). The van der Waals surface area contributed by atoms with Crippen molar-refractivity contribution in [3.05, 3.63) is 153 Å². The molecule has 0 atom stereocenters. The van der Waals surface area contributed by atoms with Gasteiger partial charge in [0, 0.05) is 44.9 Å². The summed E-state index contributed by atoms with van der Waals surface area (Å²) >= 11 is 6.63. The Hall–Kier alpha value is -5.62. The van der Waals surface area contributed by atoms with Crippen molar-refractivity contribution < 1.29 is 19.0 Å². The molecule has 1 aliphatic rings. The van der Waals surface area contributed by atoms with Gasteiger partial charge in [0.25, 0.3) is 0 Å². The molecule has 1 amide bonds. The maximum Gasteiger partial charge on any atom is 0.246 e. The summed E-state index contributed by atoms with van der Waals surface area (Å²) < 4.78 is 17.8. The average Bonchev–Trinajstić information content (AvgIpc) is 3.21. The third-order valence-corrected chi connectivity index (χ3v) is 9.89. The highest BCUT2D eigenvalue weighted by Gasteiger charge is 2.20. The van der Waals surface area contributed by atoms with E-state index in [0.717, 1.165) is 54.9 Å². The van der Waals surface area contributed by atoms with Gasteiger partial charge in [-0.25, -0.2) is 4.98 Å². The Bertz CT molecular complexity index is 2060. The van der Waals surface area contributed by atoms with Crippen molar-refractivity contribution in [3.8, 4) is 29.2 Å². The van der Waals surface area contributed by atoms with Crippen LogP contribution >= 0.6 is 11.6 Å². The summed E-state index contributed by atoms with van der Waals surface area (Å²) in [7, 11) is 0. The molecule has 0 radical (unpaired) electrons. The fraction of sp³-hybridized carbons (Fsp3) is 0.283. The summed E-state index contributed by atoms with van der Waals surface area (Å²) in [6, 6.07) is 33.8. The van der Waals surface area contributed by atoms with Crippen LogP contribution in [0.25, 0.3) is 6.08 Å². The van der Waals surface area contributed by atoms with Crippen LogP contribution in [0.1, 0.15) is 65.1 Å². The normalized spacial score (nSPS) is 13.2. The average molecular weight is 755 g/mol. The number of benzene rings is 4. The minimum atomic E-state index is -0.0136. The van der Waals surface area contributed by atoms with Crippen molar-refractivity contribution >= 4 is 23.6 Å². The number of hydrogen-bond donors (Lipinski definition) is 0. The maximum atomic E-state index is 13.1. The van der Waals surface area contributed by atoms with Gasteiger partial charge in [-0.2, -0.15) is 5.26 Å². The molecule has 0 saturated carbocycles. The van der Waals surface area contributed by atoms with Crippen LogP contribution in [-0.2, 0) is 24.4 Å². The second kappa shape index (κ2) is 19.1. The van der Waals surface area contributed by atoms with E-state index in [2.05, 4.69) is 78.3 Å². The molecular formula is C46H47ClN4O4. The molecule has 5 aromatic rings. The van der Waals surface area contributed by atoms with Crippen LogP contribution in [0.3, 0.4) is 0 Å². The van der Waals surface area contributed by atoms with Gasteiger partial charge in [0.15, 0.2) is 5.75 Å². The zero-order valence-electron chi connectivity index (χ0n) is 31.7. The number of amides is 1. The van der Waals surface area contributed by atoms with E-state index in [-0.39, 0.29) is 5.91 Å². The van der Waals surface area contributed by atoms with E-state index in [0.29, 0.717) is 60.2 Å². The largest absolute Gasteiger partial charge is 0.494 e. The van der Waals surface area contributed by atoms with Gasteiger partial charge in [0.1, 0.15) is 18.1 Å². The predicted molar refractivity (Wildman–Crippen MR) is 218 cm³/mol. The van der Waals surface area contributed by atoms with E-state index < -0.39 is 0 Å². The Morgan fingerprint density at radius 2 is 1.56 bits per heavy atom. The molecule has 9 heteroatoms. The standard InChI is InChI=1S/C46H47ClN4O4/c1-33(2)40-15-17-41(18-16-40)53-26-4-5-35-6-10-37(11-7-35)31-50-22-24-51(25-23-50)45(52)21-14-39-27-34(3)46(43(47)28-39)55-44-20-19-42(30-49-44)54-32-38-12-8-36(29-48)9-13-38/h6-21,27-28,30,33H,4-5,22-26,31-32H2,1-3H3. The van der Waals surface area contributed by atoms with Crippen LogP contribution in [0, 0.1) is 18.3 Å². The van der Waals surface area contributed by atoms with Gasteiger partial charge in [-0.1, -0.05) is 74.0 Å². The van der Waals surface area contributed by atoms with Gasteiger partial charge in [0.05, 0.1) is 29.5 Å². The van der Waals surface area contributed by atoms with Crippen LogP contribution in [0.4, 0.5) is 0 Å². The Morgan fingerprint density at radius 3 is 2.22 bits per heavy atom. The van der Waals surface area contributed by atoms with E-state index in [1.54, 1.807) is 48.7 Å². The van der Waals surface area contributed by atoms with Crippen LogP contribution in [0.2, 0.25) is 5.02 Å². The molecule has 0 unspecified atom stereocenters. The first-order valence-corrected chi connectivity index (χ1v) is 19.2. The number of pyridine rings is 1. The molecule has 1 fully saturated rings. The number of aromatic nitrogens is 1. The molecule has 0 N–H and O–H groups in total. The lowest BCUT2D eigenvalue weighted by molar-refractivity contribution is -0.127. The number of piperazine rings is 1. The van der Waals surface area contributed by atoms with Crippen molar-refractivity contribution in [3.63, 3.8) is 0 Å². The van der Waals surface area contributed by atoms with Crippen LogP contribution < -0.4 is 14.2 Å². The number of aryl methyl sites for hydroxylation is 2. The van der Waals surface area contributed by atoms with Gasteiger partial charge < -0.3 is 19.1 Å². The lowest BCUT2D eigenvalue weighted by atomic mass is 10.0. The summed E-state index contributed by atoms with van der Waals surface area (Å²) in [4.78, 5) is 21.7. The zero-order valence-corrected chi connectivity index (χ0v) is 32.5. The second-order valence-electron chi connectivity index (χ2n) is 14.1. The smallest absolute Gasteiger partial charge is 0.246 e. The first kappa shape index (κ1) is 39.1. The first-order chi connectivity index (χ1) is 26.7. The molecule has 4 aromatic carbocycles. The molecular weight excluding hydrogens is 708 g/mol. The SMILES string of the molecule is Cc1cc(C=CC(=O)N2CCN(Cc3ccc(CCCOc4ccc(C(C)C)cc4)cc3)CC2)cc(Cl)c1Oc1ccc(OCc2ccc(C#N)cc2)cn1. The summed E-state index contributed by atoms with van der Waals surface area (Å²) in [5.41, 5.74) is 7.11. The van der Waals surface area contributed by atoms with E-state index in [1.807, 2.05) is 30.0 Å². The molecule has 0 spiro atoms. The lowest BCUT2D eigenvalue weighted by Gasteiger charge is -2.34. The third kappa shape index (κ3) is 11.4. The number of halogens is 1. The number of nitriles is 1. The molecule has 1 saturated heterocycles. The first-order valence-electron chi connectivity index (χ1n) is 18.8. The second-order valence-corrected chi connectivity index (χ2v) is 14.5. The highest BCUT2D eigenvalue weighted by atomic mass is 35.5. The summed E-state index contributed by atoms with van der Waals surface area (Å²) in [6.45, 7) is 11.2. The molecule has 1 aromatic heterocycles. The molecule has 0 bridgehead atoms.